The Kier molecular flexibility index (Phi) is 1.40. The van der Waals surface area contributed by atoms with Gasteiger partial charge in [0, 0.05) is 6.04 Å². The number of nitrogens with two attached hydrogens (primary N) is 1. The van der Waals surface area contributed by atoms with Gasteiger partial charge in [-0.2, -0.15) is 0 Å². The second-order valence-corrected chi connectivity index (χ2v) is 4.94. The Hall–Kier alpha value is -0.300. The van der Waals surface area contributed by atoms with E-state index >= 15 is 0 Å². The van der Waals surface area contributed by atoms with Gasteiger partial charge in [-0.3, -0.25) is 0 Å². The molecule has 0 heterocycles. The third-order valence-electron chi connectivity index (χ3n) is 4.20. The summed E-state index contributed by atoms with van der Waals surface area (Å²) in [5.41, 5.74) is 6.14. The van der Waals surface area contributed by atoms with Crippen LogP contribution in [0.1, 0.15) is 25.7 Å². The van der Waals surface area contributed by atoms with Gasteiger partial charge in [0.15, 0.2) is 0 Å². The number of rotatable bonds is 0. The molecule has 0 radical (unpaired) electrons. The lowest BCUT2D eigenvalue weighted by atomic mass is 9.59. The van der Waals surface area contributed by atoms with Gasteiger partial charge in [-0.25, -0.2) is 0 Å². The Labute approximate surface area is 74.0 Å². The van der Waals surface area contributed by atoms with E-state index < -0.39 is 0 Å². The molecular formula is C11H17N. The molecule has 2 saturated carbocycles. The molecule has 5 atom stereocenters. The van der Waals surface area contributed by atoms with E-state index in [1.165, 1.54) is 25.7 Å². The first kappa shape index (κ1) is 7.14. The lowest BCUT2D eigenvalue weighted by molar-refractivity contribution is 0.0900. The molecule has 12 heavy (non-hydrogen) atoms. The van der Waals surface area contributed by atoms with Gasteiger partial charge in [0.05, 0.1) is 0 Å². The fraction of sp³-hybridized carbons (Fsp3) is 0.818. The highest BCUT2D eigenvalue weighted by Crippen LogP contribution is 2.48. The van der Waals surface area contributed by atoms with Crippen molar-refractivity contribution in [3.8, 4) is 0 Å². The molecule has 3 bridgehead atoms. The molecule has 0 unspecified atom stereocenters. The Balaban J connectivity index is 1.96. The van der Waals surface area contributed by atoms with Gasteiger partial charge in [-0.05, 0) is 49.4 Å². The zero-order chi connectivity index (χ0) is 8.13. The minimum absolute atomic E-state index is 0.513. The molecule has 0 spiro atoms. The molecule has 0 aromatic rings. The average molecular weight is 163 g/mol. The number of hydrogen-bond donors (Lipinski definition) is 1. The van der Waals surface area contributed by atoms with E-state index in [4.69, 9.17) is 5.73 Å². The third kappa shape index (κ3) is 0.891. The first-order valence-electron chi connectivity index (χ1n) is 5.27. The Morgan fingerprint density at radius 2 is 1.75 bits per heavy atom. The summed E-state index contributed by atoms with van der Waals surface area (Å²) >= 11 is 0. The fourth-order valence-electron chi connectivity index (χ4n) is 3.55. The van der Waals surface area contributed by atoms with Crippen LogP contribution < -0.4 is 5.73 Å². The van der Waals surface area contributed by atoms with Gasteiger partial charge in [-0.1, -0.05) is 12.2 Å². The van der Waals surface area contributed by atoms with Crippen LogP contribution in [0.2, 0.25) is 0 Å². The van der Waals surface area contributed by atoms with Gasteiger partial charge < -0.3 is 5.73 Å². The molecule has 0 aromatic heterocycles. The number of hydrogen-bond acceptors (Lipinski definition) is 1. The quantitative estimate of drug-likeness (QED) is 0.543. The normalized spacial score (nSPS) is 55.9. The molecule has 1 nitrogen and oxygen atoms in total. The van der Waals surface area contributed by atoms with Crippen LogP contribution in [0.4, 0.5) is 0 Å². The average Bonchev–Trinajstić information content (AvgIpc) is 2.07. The van der Waals surface area contributed by atoms with E-state index in [1.54, 1.807) is 0 Å². The lowest BCUT2D eigenvalue weighted by Gasteiger charge is -2.48. The molecule has 0 aliphatic heterocycles. The van der Waals surface area contributed by atoms with Crippen molar-refractivity contribution >= 4 is 0 Å². The molecule has 2 N–H and O–H groups in total. The first-order valence-corrected chi connectivity index (χ1v) is 5.27. The Morgan fingerprint density at radius 3 is 2.67 bits per heavy atom. The van der Waals surface area contributed by atoms with Gasteiger partial charge in [0.1, 0.15) is 0 Å². The Bertz CT molecular complexity index is 221. The van der Waals surface area contributed by atoms with Crippen LogP contribution in [0, 0.1) is 23.7 Å². The van der Waals surface area contributed by atoms with Crippen LogP contribution in [-0.2, 0) is 0 Å². The number of allylic oxidation sites excluding steroid dienone is 2. The zero-order valence-corrected chi connectivity index (χ0v) is 7.45. The molecule has 0 amide bonds. The van der Waals surface area contributed by atoms with Crippen molar-refractivity contribution in [1.82, 2.24) is 0 Å². The van der Waals surface area contributed by atoms with Crippen LogP contribution in [0.25, 0.3) is 0 Å². The minimum atomic E-state index is 0.513. The predicted octanol–water partition coefficient (Wildman–Crippen LogP) is 1.94. The highest BCUT2D eigenvalue weighted by molar-refractivity contribution is 5.09. The van der Waals surface area contributed by atoms with Gasteiger partial charge in [-0.15, -0.1) is 0 Å². The maximum absolute atomic E-state index is 6.14. The van der Waals surface area contributed by atoms with E-state index in [9.17, 15) is 0 Å². The van der Waals surface area contributed by atoms with Crippen molar-refractivity contribution in [3.05, 3.63) is 12.2 Å². The summed E-state index contributed by atoms with van der Waals surface area (Å²) in [6.45, 7) is 0. The third-order valence-corrected chi connectivity index (χ3v) is 4.20. The SMILES string of the molecule is N[C@@H]1C[C@@H]2C=C[C@@H]3C[C@H]1C[C@H]2C3. The van der Waals surface area contributed by atoms with E-state index in [0.717, 1.165) is 23.7 Å². The highest BCUT2D eigenvalue weighted by atomic mass is 14.7. The van der Waals surface area contributed by atoms with Gasteiger partial charge in [0.2, 0.25) is 0 Å². The fourth-order valence-corrected chi connectivity index (χ4v) is 3.55. The molecule has 0 aromatic carbocycles. The highest BCUT2D eigenvalue weighted by Gasteiger charge is 2.41. The van der Waals surface area contributed by atoms with Crippen molar-refractivity contribution in [1.29, 1.82) is 0 Å². The maximum Gasteiger partial charge on any atom is 0.00731 e. The molecular weight excluding hydrogens is 146 g/mol. The molecule has 3 aliphatic rings. The lowest BCUT2D eigenvalue weighted by Crippen LogP contribution is -2.46. The monoisotopic (exact) mass is 163 g/mol. The summed E-state index contributed by atoms with van der Waals surface area (Å²) in [6.07, 6.45) is 10.4. The molecule has 0 saturated heterocycles. The summed E-state index contributed by atoms with van der Waals surface area (Å²) < 4.78 is 0. The number of fused-ring (bicyclic) bond motifs is 2. The van der Waals surface area contributed by atoms with Crippen LogP contribution in [-0.4, -0.2) is 6.04 Å². The zero-order valence-electron chi connectivity index (χ0n) is 7.45. The van der Waals surface area contributed by atoms with Crippen LogP contribution >= 0.6 is 0 Å². The maximum atomic E-state index is 6.14. The smallest absolute Gasteiger partial charge is 0.00731 e. The summed E-state index contributed by atoms with van der Waals surface area (Å²) in [4.78, 5) is 0. The van der Waals surface area contributed by atoms with E-state index in [1.807, 2.05) is 0 Å². The summed E-state index contributed by atoms with van der Waals surface area (Å²) in [5.74, 6) is 3.58. The van der Waals surface area contributed by atoms with Crippen molar-refractivity contribution in [2.24, 2.45) is 29.4 Å². The van der Waals surface area contributed by atoms with Gasteiger partial charge >= 0.3 is 0 Å². The van der Waals surface area contributed by atoms with E-state index in [0.29, 0.717) is 6.04 Å². The van der Waals surface area contributed by atoms with Crippen LogP contribution in [0.15, 0.2) is 12.2 Å². The van der Waals surface area contributed by atoms with Gasteiger partial charge in [0.25, 0.3) is 0 Å². The topological polar surface area (TPSA) is 26.0 Å². The van der Waals surface area contributed by atoms with Crippen LogP contribution in [0.5, 0.6) is 0 Å². The second kappa shape index (κ2) is 2.35. The van der Waals surface area contributed by atoms with Crippen molar-refractivity contribution in [2.45, 2.75) is 31.7 Å². The van der Waals surface area contributed by atoms with Crippen molar-refractivity contribution < 1.29 is 0 Å². The predicted molar refractivity (Wildman–Crippen MR) is 49.5 cm³/mol. The molecule has 3 rings (SSSR count). The second-order valence-electron chi connectivity index (χ2n) is 4.94. The largest absolute Gasteiger partial charge is 0.327 e. The minimum Gasteiger partial charge on any atom is -0.327 e. The van der Waals surface area contributed by atoms with Crippen LogP contribution in [0.3, 0.4) is 0 Å². The molecule has 2 fully saturated rings. The summed E-state index contributed by atoms with van der Waals surface area (Å²) in [6, 6.07) is 0.513. The molecule has 1 heteroatoms. The van der Waals surface area contributed by atoms with E-state index in [-0.39, 0.29) is 0 Å². The standard InChI is InChI=1S/C11H17N/c12-11-6-8-2-1-7-3-9(8)5-10(11)4-7/h1-2,7-11H,3-6,12H2/t7-,8-,9+,10-,11+/m0/s1. The van der Waals surface area contributed by atoms with E-state index in [2.05, 4.69) is 12.2 Å². The summed E-state index contributed by atoms with van der Waals surface area (Å²) in [5, 5.41) is 0. The molecule has 3 aliphatic carbocycles. The molecule has 66 valence electrons. The summed E-state index contributed by atoms with van der Waals surface area (Å²) in [7, 11) is 0. The van der Waals surface area contributed by atoms with Crippen molar-refractivity contribution in [2.75, 3.05) is 0 Å². The first-order chi connectivity index (χ1) is 5.83. The van der Waals surface area contributed by atoms with Crippen molar-refractivity contribution in [3.63, 3.8) is 0 Å². The Morgan fingerprint density at radius 1 is 0.917 bits per heavy atom.